The van der Waals surface area contributed by atoms with Gasteiger partial charge in [0.1, 0.15) is 4.70 Å². The third-order valence-electron chi connectivity index (χ3n) is 4.51. The lowest BCUT2D eigenvalue weighted by molar-refractivity contribution is 0.715. The molecule has 0 saturated heterocycles. The van der Waals surface area contributed by atoms with Crippen LogP contribution in [-0.4, -0.2) is 9.13 Å². The number of rotatable bonds is 3. The maximum atomic E-state index is 13.3. The van der Waals surface area contributed by atoms with Crippen molar-refractivity contribution in [1.29, 1.82) is 5.26 Å². The third kappa shape index (κ3) is 2.88. The summed E-state index contributed by atoms with van der Waals surface area (Å²) in [6.07, 6.45) is 0. The summed E-state index contributed by atoms with van der Waals surface area (Å²) in [6, 6.07) is 18.4. The monoisotopic (exact) mass is 373 g/mol. The largest absolute Gasteiger partial charge is 0.336 e. The van der Waals surface area contributed by atoms with Crippen LogP contribution >= 0.6 is 11.3 Å². The van der Waals surface area contributed by atoms with Crippen molar-refractivity contribution in [3.63, 3.8) is 0 Å². The van der Waals surface area contributed by atoms with Gasteiger partial charge in [-0.05, 0) is 47.7 Å². The highest BCUT2D eigenvalue weighted by Gasteiger charge is 2.16. The maximum Gasteiger partial charge on any atom is 0.336 e. The molecule has 0 unspecified atom stereocenters. The zero-order chi connectivity index (χ0) is 19.0. The Bertz CT molecular complexity index is 1320. The molecule has 0 aliphatic carbocycles. The highest BCUT2D eigenvalue weighted by Crippen LogP contribution is 2.18. The van der Waals surface area contributed by atoms with Gasteiger partial charge in [0, 0.05) is 0 Å². The molecule has 27 heavy (non-hydrogen) atoms. The van der Waals surface area contributed by atoms with Crippen LogP contribution in [0.2, 0.25) is 0 Å². The van der Waals surface area contributed by atoms with E-state index in [0.29, 0.717) is 21.5 Å². The highest BCUT2D eigenvalue weighted by molar-refractivity contribution is 7.17. The predicted molar refractivity (Wildman–Crippen MR) is 107 cm³/mol. The summed E-state index contributed by atoms with van der Waals surface area (Å²) in [7, 11) is 0. The molecule has 4 rings (SSSR count). The van der Waals surface area contributed by atoms with Gasteiger partial charge in [-0.15, -0.1) is 11.3 Å². The summed E-state index contributed by atoms with van der Waals surface area (Å²) >= 11 is 1.32. The maximum absolute atomic E-state index is 13.3. The van der Waals surface area contributed by atoms with E-state index in [9.17, 15) is 9.59 Å². The summed E-state index contributed by atoms with van der Waals surface area (Å²) in [5.41, 5.74) is 2.73. The molecule has 0 fully saturated rings. The molecule has 0 amide bonds. The molecule has 0 N–H and O–H groups in total. The minimum absolute atomic E-state index is 0.285. The van der Waals surface area contributed by atoms with Crippen LogP contribution in [0, 0.1) is 18.3 Å². The van der Waals surface area contributed by atoms with Gasteiger partial charge < -0.3 is 0 Å². The van der Waals surface area contributed by atoms with Crippen molar-refractivity contribution in [2.75, 3.05) is 0 Å². The van der Waals surface area contributed by atoms with Gasteiger partial charge in [-0.1, -0.05) is 30.3 Å². The number of benzene rings is 2. The van der Waals surface area contributed by atoms with E-state index in [1.807, 2.05) is 36.6 Å². The number of aryl methyl sites for hydroxylation is 1. The van der Waals surface area contributed by atoms with Crippen molar-refractivity contribution in [3.8, 4) is 11.8 Å². The molecule has 2 aromatic heterocycles. The van der Waals surface area contributed by atoms with Crippen LogP contribution in [-0.2, 0) is 6.54 Å². The fourth-order valence-electron chi connectivity index (χ4n) is 3.19. The molecule has 132 valence electrons. The van der Waals surface area contributed by atoms with Crippen LogP contribution in [0.4, 0.5) is 0 Å². The SMILES string of the molecule is Cc1ccccc1-n1c(=O)c2sccc2n(Cc2cccc(C#N)c2)c1=O. The Balaban J connectivity index is 2.00. The molecular weight excluding hydrogens is 358 g/mol. The van der Waals surface area contributed by atoms with Crippen LogP contribution in [0.15, 0.2) is 69.6 Å². The van der Waals surface area contributed by atoms with Gasteiger partial charge in [0.25, 0.3) is 5.56 Å². The van der Waals surface area contributed by atoms with Crippen LogP contribution in [0.1, 0.15) is 16.7 Å². The first-order valence-electron chi connectivity index (χ1n) is 8.38. The van der Waals surface area contributed by atoms with Gasteiger partial charge in [0.2, 0.25) is 0 Å². The Kier molecular flexibility index (Phi) is 4.22. The van der Waals surface area contributed by atoms with Crippen molar-refractivity contribution in [2.24, 2.45) is 0 Å². The fourth-order valence-corrected chi connectivity index (χ4v) is 4.01. The van der Waals surface area contributed by atoms with Crippen LogP contribution in [0.5, 0.6) is 0 Å². The van der Waals surface area contributed by atoms with E-state index in [0.717, 1.165) is 11.1 Å². The number of hydrogen-bond donors (Lipinski definition) is 0. The van der Waals surface area contributed by atoms with E-state index in [1.54, 1.807) is 34.9 Å². The Morgan fingerprint density at radius 1 is 1.07 bits per heavy atom. The summed E-state index contributed by atoms with van der Waals surface area (Å²) in [6.45, 7) is 2.16. The molecule has 5 nitrogen and oxygen atoms in total. The van der Waals surface area contributed by atoms with E-state index in [1.165, 1.54) is 15.9 Å². The second-order valence-corrected chi connectivity index (χ2v) is 7.16. The summed E-state index contributed by atoms with van der Waals surface area (Å²) in [5.74, 6) is 0. The summed E-state index contributed by atoms with van der Waals surface area (Å²) < 4.78 is 3.37. The molecule has 0 aliphatic rings. The van der Waals surface area contributed by atoms with Crippen molar-refractivity contribution >= 4 is 21.6 Å². The minimum Gasteiger partial charge on any atom is -0.288 e. The molecule has 0 radical (unpaired) electrons. The van der Waals surface area contributed by atoms with Gasteiger partial charge >= 0.3 is 5.69 Å². The molecular formula is C21H15N3O2S. The number of hydrogen-bond acceptors (Lipinski definition) is 4. The van der Waals surface area contributed by atoms with Gasteiger partial charge in [-0.3, -0.25) is 9.36 Å². The first-order chi connectivity index (χ1) is 13.1. The van der Waals surface area contributed by atoms with Gasteiger partial charge in [0.15, 0.2) is 0 Å². The normalized spacial score (nSPS) is 10.8. The predicted octanol–water partition coefficient (Wildman–Crippen LogP) is 3.44. The Morgan fingerprint density at radius 2 is 1.89 bits per heavy atom. The minimum atomic E-state index is -0.387. The molecule has 0 bridgehead atoms. The zero-order valence-electron chi connectivity index (χ0n) is 14.5. The molecule has 2 aromatic carbocycles. The average Bonchev–Trinajstić information content (AvgIpc) is 3.17. The number of para-hydroxylation sites is 1. The smallest absolute Gasteiger partial charge is 0.288 e. The average molecular weight is 373 g/mol. The molecule has 2 heterocycles. The second kappa shape index (κ2) is 6.71. The number of nitriles is 1. The van der Waals surface area contributed by atoms with Gasteiger partial charge in [-0.2, -0.15) is 5.26 Å². The van der Waals surface area contributed by atoms with Crippen molar-refractivity contribution in [3.05, 3.63) is 97.5 Å². The van der Waals surface area contributed by atoms with E-state index in [4.69, 9.17) is 5.26 Å². The number of thiophene rings is 1. The third-order valence-corrected chi connectivity index (χ3v) is 5.40. The fraction of sp³-hybridized carbons (Fsp3) is 0.0952. The van der Waals surface area contributed by atoms with Crippen LogP contribution in [0.3, 0.4) is 0 Å². The summed E-state index contributed by atoms with van der Waals surface area (Å²) in [4.78, 5) is 26.3. The van der Waals surface area contributed by atoms with E-state index >= 15 is 0 Å². The molecule has 0 atom stereocenters. The quantitative estimate of drug-likeness (QED) is 0.552. The Hall–Kier alpha value is -3.43. The Morgan fingerprint density at radius 3 is 2.67 bits per heavy atom. The van der Waals surface area contributed by atoms with E-state index < -0.39 is 0 Å². The lowest BCUT2D eigenvalue weighted by Crippen LogP contribution is -2.39. The van der Waals surface area contributed by atoms with Crippen LogP contribution < -0.4 is 11.2 Å². The second-order valence-electron chi connectivity index (χ2n) is 6.24. The number of aromatic nitrogens is 2. The zero-order valence-corrected chi connectivity index (χ0v) is 15.4. The first-order valence-corrected chi connectivity index (χ1v) is 9.26. The number of fused-ring (bicyclic) bond motifs is 1. The highest BCUT2D eigenvalue weighted by atomic mass is 32.1. The van der Waals surface area contributed by atoms with Crippen molar-refractivity contribution < 1.29 is 0 Å². The van der Waals surface area contributed by atoms with Crippen LogP contribution in [0.25, 0.3) is 15.9 Å². The molecule has 4 aromatic rings. The van der Waals surface area contributed by atoms with Crippen molar-refractivity contribution in [2.45, 2.75) is 13.5 Å². The molecule has 0 spiro atoms. The lowest BCUT2D eigenvalue weighted by atomic mass is 10.1. The standard InChI is InChI=1S/C21H15N3O2S/c1-14-5-2-3-8-17(14)24-20(25)19-18(9-10-27-19)23(21(24)26)13-16-7-4-6-15(11-16)12-22/h2-11H,13H2,1H3. The van der Waals surface area contributed by atoms with Gasteiger partial charge in [-0.25, -0.2) is 9.36 Å². The van der Waals surface area contributed by atoms with E-state index in [2.05, 4.69) is 6.07 Å². The van der Waals surface area contributed by atoms with Gasteiger partial charge in [0.05, 0.1) is 29.4 Å². The number of nitrogens with zero attached hydrogens (tertiary/aromatic N) is 3. The topological polar surface area (TPSA) is 67.8 Å². The first kappa shape index (κ1) is 17.0. The summed E-state index contributed by atoms with van der Waals surface area (Å²) in [5, 5.41) is 10.9. The molecule has 0 saturated carbocycles. The lowest BCUT2D eigenvalue weighted by Gasteiger charge is -2.14. The molecule has 0 aliphatic heterocycles. The molecule has 6 heteroatoms. The Labute approximate surface area is 159 Å². The van der Waals surface area contributed by atoms with Crippen molar-refractivity contribution in [1.82, 2.24) is 9.13 Å². The van der Waals surface area contributed by atoms with E-state index in [-0.39, 0.29) is 17.8 Å².